The van der Waals surface area contributed by atoms with Gasteiger partial charge in [0.1, 0.15) is 23.4 Å². The molecule has 0 spiro atoms. The van der Waals surface area contributed by atoms with Gasteiger partial charge in [-0.2, -0.15) is 5.26 Å². The summed E-state index contributed by atoms with van der Waals surface area (Å²) >= 11 is 7.25. The minimum Gasteiger partial charge on any atom is -0.507 e. The molecule has 1 atom stereocenters. The van der Waals surface area contributed by atoms with Crippen molar-refractivity contribution in [2.24, 2.45) is 0 Å². The van der Waals surface area contributed by atoms with Gasteiger partial charge in [-0.3, -0.25) is 14.4 Å². The van der Waals surface area contributed by atoms with Crippen LogP contribution in [0, 0.1) is 11.3 Å². The van der Waals surface area contributed by atoms with Gasteiger partial charge in [-0.25, -0.2) is 4.98 Å². The second kappa shape index (κ2) is 11.8. The minimum absolute atomic E-state index is 0.00599. The van der Waals surface area contributed by atoms with E-state index in [0.717, 1.165) is 0 Å². The van der Waals surface area contributed by atoms with E-state index in [-0.39, 0.29) is 28.7 Å². The number of anilines is 2. The predicted molar refractivity (Wildman–Crippen MR) is 151 cm³/mol. The van der Waals surface area contributed by atoms with E-state index < -0.39 is 17.9 Å². The number of nitrogens with one attached hydrogen (secondary N) is 3. The molecule has 11 heteroatoms. The number of carbonyl (C=O) groups excluding carboxylic acids is 3. The summed E-state index contributed by atoms with van der Waals surface area (Å²) in [5, 5.41) is 30.7. The van der Waals surface area contributed by atoms with Gasteiger partial charge in [0.2, 0.25) is 11.8 Å². The van der Waals surface area contributed by atoms with Crippen molar-refractivity contribution in [1.29, 1.82) is 5.26 Å². The number of nitriles is 1. The first kappa shape index (κ1) is 27.3. The van der Waals surface area contributed by atoms with Crippen LogP contribution in [-0.4, -0.2) is 33.9 Å². The molecule has 3 amide bonds. The number of pyridine rings is 1. The van der Waals surface area contributed by atoms with Crippen LogP contribution >= 0.6 is 22.9 Å². The number of aromatic nitrogens is 1. The number of rotatable bonds is 7. The van der Waals surface area contributed by atoms with Gasteiger partial charge >= 0.3 is 0 Å². The average Bonchev–Trinajstić information content (AvgIpc) is 3.43. The molecule has 0 aliphatic carbocycles. The zero-order valence-corrected chi connectivity index (χ0v) is 22.4. The summed E-state index contributed by atoms with van der Waals surface area (Å²) in [7, 11) is 0. The number of thiophene rings is 1. The molecule has 0 saturated carbocycles. The molecule has 4 rings (SSSR count). The molecular weight excluding hydrogens is 538 g/mol. The Bertz CT molecular complexity index is 1610. The molecule has 9 nitrogen and oxygen atoms in total. The van der Waals surface area contributed by atoms with Crippen molar-refractivity contribution in [2.75, 3.05) is 10.6 Å². The van der Waals surface area contributed by atoms with Crippen molar-refractivity contribution >= 4 is 52.2 Å². The summed E-state index contributed by atoms with van der Waals surface area (Å²) in [6.45, 7) is 2.88. The minimum atomic E-state index is -0.764. The first-order chi connectivity index (χ1) is 18.7. The van der Waals surface area contributed by atoms with E-state index in [1.54, 1.807) is 66.9 Å². The van der Waals surface area contributed by atoms with Crippen LogP contribution in [0.3, 0.4) is 0 Å². The number of phenolic OH excluding ortho intramolecular Hbond substituents is 1. The number of aromatic hydroxyl groups is 1. The lowest BCUT2D eigenvalue weighted by atomic mass is 9.97. The zero-order valence-electron chi connectivity index (χ0n) is 20.8. The number of benzene rings is 2. The van der Waals surface area contributed by atoms with Crippen molar-refractivity contribution in [3.05, 3.63) is 81.5 Å². The summed E-state index contributed by atoms with van der Waals surface area (Å²) in [4.78, 5) is 41.7. The Kier molecular flexibility index (Phi) is 8.24. The summed E-state index contributed by atoms with van der Waals surface area (Å²) < 4.78 is 0. The number of nitrogens with zero attached hydrogens (tertiary/aromatic N) is 2. The van der Waals surface area contributed by atoms with Crippen LogP contribution < -0.4 is 16.0 Å². The molecule has 0 fully saturated rings. The fourth-order valence-corrected chi connectivity index (χ4v) is 4.58. The maximum Gasteiger partial charge on any atom is 0.266 e. The van der Waals surface area contributed by atoms with Crippen LogP contribution in [0.15, 0.2) is 66.0 Å². The van der Waals surface area contributed by atoms with Gasteiger partial charge in [0, 0.05) is 28.8 Å². The third-order valence-corrected chi connectivity index (χ3v) is 6.70. The molecule has 2 heterocycles. The summed E-state index contributed by atoms with van der Waals surface area (Å²) in [6.07, 6.45) is 0. The van der Waals surface area contributed by atoms with Gasteiger partial charge in [-0.05, 0) is 60.3 Å². The van der Waals surface area contributed by atoms with Crippen LogP contribution in [-0.2, 0) is 9.59 Å². The summed E-state index contributed by atoms with van der Waals surface area (Å²) in [5.41, 5.74) is 2.09. The van der Waals surface area contributed by atoms with Gasteiger partial charge < -0.3 is 21.1 Å². The molecule has 2 aromatic heterocycles. The third-order valence-electron chi connectivity index (χ3n) is 5.60. The van der Waals surface area contributed by atoms with Crippen molar-refractivity contribution < 1.29 is 19.5 Å². The van der Waals surface area contributed by atoms with Crippen LogP contribution in [0.4, 0.5) is 11.5 Å². The van der Waals surface area contributed by atoms with Gasteiger partial charge in [0.15, 0.2) is 5.82 Å². The van der Waals surface area contributed by atoms with Crippen LogP contribution in [0.1, 0.15) is 29.1 Å². The Labute approximate surface area is 233 Å². The third kappa shape index (κ3) is 6.41. The highest BCUT2D eigenvalue weighted by Gasteiger charge is 2.20. The Morgan fingerprint density at radius 2 is 1.85 bits per heavy atom. The summed E-state index contributed by atoms with van der Waals surface area (Å²) in [5.74, 6) is -1.32. The van der Waals surface area contributed by atoms with E-state index in [2.05, 4.69) is 27.0 Å². The van der Waals surface area contributed by atoms with Gasteiger partial charge in [0.05, 0.1) is 10.6 Å². The Hall–Kier alpha value is -4.72. The SMILES string of the molecule is CC(=O)NC(C)C(=O)Nc1cccc(-c2cc(-c3ccc(Cl)cc3O)nc(NC(=O)c3cccs3)c2C#N)c1. The number of carbonyl (C=O) groups is 3. The second-order valence-electron chi connectivity index (χ2n) is 8.48. The van der Waals surface area contributed by atoms with Crippen LogP contribution in [0.2, 0.25) is 5.02 Å². The van der Waals surface area contributed by atoms with E-state index >= 15 is 0 Å². The molecule has 1 unspecified atom stereocenters. The molecule has 4 N–H and O–H groups in total. The predicted octanol–water partition coefficient (Wildman–Crippen LogP) is 5.42. The number of halogens is 1. The molecular formula is C28H22ClN5O4S. The number of hydrogen-bond acceptors (Lipinski definition) is 7. The highest BCUT2D eigenvalue weighted by molar-refractivity contribution is 7.12. The van der Waals surface area contributed by atoms with E-state index in [1.165, 1.54) is 24.3 Å². The Morgan fingerprint density at radius 3 is 2.51 bits per heavy atom. The maximum absolute atomic E-state index is 12.9. The van der Waals surface area contributed by atoms with Gasteiger partial charge in [-0.15, -0.1) is 11.3 Å². The zero-order chi connectivity index (χ0) is 28.1. The lowest BCUT2D eigenvalue weighted by Gasteiger charge is -2.16. The maximum atomic E-state index is 12.9. The normalized spacial score (nSPS) is 11.2. The largest absolute Gasteiger partial charge is 0.507 e. The molecule has 2 aromatic carbocycles. The summed E-state index contributed by atoms with van der Waals surface area (Å²) in [6, 6.07) is 17.7. The first-order valence-corrected chi connectivity index (χ1v) is 12.9. The van der Waals surface area contributed by atoms with Crippen molar-refractivity contribution in [1.82, 2.24) is 10.3 Å². The monoisotopic (exact) mass is 559 g/mol. The number of phenols is 1. The lowest BCUT2D eigenvalue weighted by molar-refractivity contribution is -0.124. The van der Waals surface area contributed by atoms with Crippen LogP contribution in [0.5, 0.6) is 5.75 Å². The standard InChI is InChI=1S/C28H22ClN5O4S/c1-15(31-16(2)35)27(37)32-19-6-3-5-17(11-19)21-13-23(20-9-8-18(29)12-24(20)36)33-26(22(21)14-30)34-28(38)25-7-4-10-39-25/h3-13,15,36H,1-2H3,(H,31,35)(H,32,37)(H,33,34,38). The molecule has 0 aliphatic rings. The number of hydrogen-bond donors (Lipinski definition) is 4. The first-order valence-electron chi connectivity index (χ1n) is 11.6. The van der Waals surface area contributed by atoms with E-state index in [4.69, 9.17) is 11.6 Å². The van der Waals surface area contributed by atoms with Crippen molar-refractivity contribution in [2.45, 2.75) is 19.9 Å². The van der Waals surface area contributed by atoms with Crippen LogP contribution in [0.25, 0.3) is 22.4 Å². The fourth-order valence-electron chi connectivity index (χ4n) is 3.80. The molecule has 0 bridgehead atoms. The smallest absolute Gasteiger partial charge is 0.266 e. The second-order valence-corrected chi connectivity index (χ2v) is 9.86. The van der Waals surface area contributed by atoms with E-state index in [0.29, 0.717) is 32.3 Å². The highest BCUT2D eigenvalue weighted by atomic mass is 35.5. The lowest BCUT2D eigenvalue weighted by Crippen LogP contribution is -2.40. The highest BCUT2D eigenvalue weighted by Crippen LogP contribution is 2.37. The van der Waals surface area contributed by atoms with Crippen molar-refractivity contribution in [3.63, 3.8) is 0 Å². The fraction of sp³-hybridized carbons (Fsp3) is 0.107. The molecule has 196 valence electrons. The average molecular weight is 560 g/mol. The molecule has 4 aromatic rings. The van der Waals surface area contributed by atoms with Gasteiger partial charge in [0.25, 0.3) is 5.91 Å². The Balaban J connectivity index is 1.81. The Morgan fingerprint density at radius 1 is 1.05 bits per heavy atom. The molecule has 0 radical (unpaired) electrons. The van der Waals surface area contributed by atoms with E-state index in [1.807, 2.05) is 0 Å². The molecule has 39 heavy (non-hydrogen) atoms. The molecule has 0 saturated heterocycles. The quantitative estimate of drug-likeness (QED) is 0.238. The number of amides is 3. The van der Waals surface area contributed by atoms with Crippen molar-refractivity contribution in [3.8, 4) is 34.2 Å². The molecule has 0 aliphatic heterocycles. The van der Waals surface area contributed by atoms with Gasteiger partial charge in [-0.1, -0.05) is 29.8 Å². The topological polar surface area (TPSA) is 144 Å². The van der Waals surface area contributed by atoms with E-state index in [9.17, 15) is 24.8 Å².